The van der Waals surface area contributed by atoms with Crippen LogP contribution in [0.25, 0.3) is 0 Å². The van der Waals surface area contributed by atoms with Crippen molar-refractivity contribution in [1.82, 2.24) is 15.6 Å². The summed E-state index contributed by atoms with van der Waals surface area (Å²) in [6.45, 7) is 4.18. The molecular weight excluding hydrogens is 316 g/mol. The minimum absolute atomic E-state index is 0.558. The summed E-state index contributed by atoms with van der Waals surface area (Å²) in [5.74, 6) is 2.30. The zero-order valence-corrected chi connectivity index (χ0v) is 15.1. The fourth-order valence-corrected chi connectivity index (χ4v) is 2.40. The van der Waals surface area contributed by atoms with Gasteiger partial charge in [0.15, 0.2) is 5.96 Å². The maximum Gasteiger partial charge on any atom is 0.213 e. The SMILES string of the molecule is CCNC(=NCc1ccnc(OC)c1)NCCc1ccccc1OC. The Bertz CT molecular complexity index is 689. The largest absolute Gasteiger partial charge is 0.496 e. The lowest BCUT2D eigenvalue weighted by molar-refractivity contribution is 0.397. The Labute approximate surface area is 149 Å². The van der Waals surface area contributed by atoms with Crippen LogP contribution in [-0.4, -0.2) is 38.3 Å². The van der Waals surface area contributed by atoms with Gasteiger partial charge in [0.25, 0.3) is 0 Å². The van der Waals surface area contributed by atoms with Crippen LogP contribution in [0.4, 0.5) is 0 Å². The predicted octanol–water partition coefficient (Wildman–Crippen LogP) is 2.40. The Morgan fingerprint density at radius 1 is 1.12 bits per heavy atom. The lowest BCUT2D eigenvalue weighted by Gasteiger charge is -2.13. The van der Waals surface area contributed by atoms with E-state index in [1.54, 1.807) is 20.4 Å². The van der Waals surface area contributed by atoms with Crippen molar-refractivity contribution in [2.75, 3.05) is 27.3 Å². The lowest BCUT2D eigenvalue weighted by Crippen LogP contribution is -2.38. The number of nitrogens with one attached hydrogen (secondary N) is 2. The number of aliphatic imine (C=N–C) groups is 1. The van der Waals surface area contributed by atoms with Crippen LogP contribution < -0.4 is 20.1 Å². The van der Waals surface area contributed by atoms with Gasteiger partial charge in [-0.05, 0) is 36.6 Å². The summed E-state index contributed by atoms with van der Waals surface area (Å²) < 4.78 is 10.5. The molecule has 0 saturated carbocycles. The number of rotatable bonds is 8. The van der Waals surface area contributed by atoms with E-state index in [0.717, 1.165) is 36.8 Å². The van der Waals surface area contributed by atoms with Gasteiger partial charge in [-0.3, -0.25) is 0 Å². The lowest BCUT2D eigenvalue weighted by atomic mass is 10.1. The highest BCUT2D eigenvalue weighted by Crippen LogP contribution is 2.17. The number of hydrogen-bond donors (Lipinski definition) is 2. The van der Waals surface area contributed by atoms with Crippen molar-refractivity contribution in [3.63, 3.8) is 0 Å². The first-order chi connectivity index (χ1) is 12.3. The van der Waals surface area contributed by atoms with Crippen molar-refractivity contribution >= 4 is 5.96 Å². The first-order valence-corrected chi connectivity index (χ1v) is 8.39. The van der Waals surface area contributed by atoms with Gasteiger partial charge in [0.2, 0.25) is 5.88 Å². The normalized spacial score (nSPS) is 11.1. The van der Waals surface area contributed by atoms with E-state index in [-0.39, 0.29) is 0 Å². The van der Waals surface area contributed by atoms with Crippen molar-refractivity contribution in [3.05, 3.63) is 53.7 Å². The van der Waals surface area contributed by atoms with E-state index in [1.807, 2.05) is 37.3 Å². The number of para-hydroxylation sites is 1. The van der Waals surface area contributed by atoms with Crippen LogP contribution in [0.3, 0.4) is 0 Å². The Hall–Kier alpha value is -2.76. The summed E-state index contributed by atoms with van der Waals surface area (Å²) in [5, 5.41) is 6.61. The molecule has 0 unspecified atom stereocenters. The number of nitrogens with zero attached hydrogens (tertiary/aromatic N) is 2. The predicted molar refractivity (Wildman–Crippen MR) is 100 cm³/mol. The molecule has 0 spiro atoms. The summed E-state index contributed by atoms with van der Waals surface area (Å²) in [7, 11) is 3.31. The van der Waals surface area contributed by atoms with E-state index in [1.165, 1.54) is 5.56 Å². The average Bonchev–Trinajstić information content (AvgIpc) is 2.66. The molecule has 2 aromatic rings. The second-order valence-corrected chi connectivity index (χ2v) is 5.39. The second kappa shape index (κ2) is 10.2. The molecule has 6 heteroatoms. The first kappa shape index (κ1) is 18.6. The number of ether oxygens (including phenoxy) is 2. The molecule has 0 aliphatic heterocycles. The molecule has 25 heavy (non-hydrogen) atoms. The molecule has 6 nitrogen and oxygen atoms in total. The van der Waals surface area contributed by atoms with Gasteiger partial charge >= 0.3 is 0 Å². The molecule has 1 aromatic carbocycles. The third-order valence-electron chi connectivity index (χ3n) is 3.65. The van der Waals surface area contributed by atoms with Crippen molar-refractivity contribution in [2.45, 2.75) is 19.9 Å². The summed E-state index contributed by atoms with van der Waals surface area (Å²) in [6.07, 6.45) is 2.59. The Morgan fingerprint density at radius 2 is 1.96 bits per heavy atom. The molecule has 0 fully saturated rings. The number of guanidine groups is 1. The minimum atomic E-state index is 0.558. The molecule has 1 heterocycles. The molecule has 0 saturated heterocycles. The monoisotopic (exact) mass is 342 g/mol. The van der Waals surface area contributed by atoms with E-state index in [9.17, 15) is 0 Å². The van der Waals surface area contributed by atoms with E-state index in [4.69, 9.17) is 9.47 Å². The van der Waals surface area contributed by atoms with Gasteiger partial charge in [-0.25, -0.2) is 9.98 Å². The average molecular weight is 342 g/mol. The molecule has 0 radical (unpaired) electrons. The number of hydrogen-bond acceptors (Lipinski definition) is 4. The standard InChI is InChI=1S/C19H26N4O2/c1-4-20-19(23-14-15-9-11-21-18(13-15)25-3)22-12-10-16-7-5-6-8-17(16)24-2/h5-9,11,13H,4,10,12,14H2,1-3H3,(H2,20,22,23). The van der Waals surface area contributed by atoms with Gasteiger partial charge in [0.1, 0.15) is 5.75 Å². The quantitative estimate of drug-likeness (QED) is 0.569. The van der Waals surface area contributed by atoms with Crippen LogP contribution in [0.5, 0.6) is 11.6 Å². The van der Waals surface area contributed by atoms with Gasteiger partial charge < -0.3 is 20.1 Å². The minimum Gasteiger partial charge on any atom is -0.496 e. The van der Waals surface area contributed by atoms with Crippen LogP contribution in [-0.2, 0) is 13.0 Å². The number of methoxy groups -OCH3 is 2. The molecule has 0 amide bonds. The van der Waals surface area contributed by atoms with E-state index in [2.05, 4.69) is 26.7 Å². The molecule has 0 atom stereocenters. The van der Waals surface area contributed by atoms with Gasteiger partial charge in [-0.1, -0.05) is 18.2 Å². The summed E-state index contributed by atoms with van der Waals surface area (Å²) in [5.41, 5.74) is 2.22. The van der Waals surface area contributed by atoms with Crippen molar-refractivity contribution < 1.29 is 9.47 Å². The topological polar surface area (TPSA) is 67.8 Å². The Morgan fingerprint density at radius 3 is 2.72 bits per heavy atom. The second-order valence-electron chi connectivity index (χ2n) is 5.39. The highest BCUT2D eigenvalue weighted by atomic mass is 16.5. The zero-order valence-electron chi connectivity index (χ0n) is 15.1. The maximum atomic E-state index is 5.39. The smallest absolute Gasteiger partial charge is 0.213 e. The van der Waals surface area contributed by atoms with Gasteiger partial charge in [-0.15, -0.1) is 0 Å². The maximum absolute atomic E-state index is 5.39. The van der Waals surface area contributed by atoms with Crippen molar-refractivity contribution in [3.8, 4) is 11.6 Å². The van der Waals surface area contributed by atoms with Crippen LogP contribution in [0.2, 0.25) is 0 Å². The van der Waals surface area contributed by atoms with E-state index < -0.39 is 0 Å². The third kappa shape index (κ3) is 5.99. The van der Waals surface area contributed by atoms with Gasteiger partial charge in [0.05, 0.1) is 20.8 Å². The summed E-state index contributed by atoms with van der Waals surface area (Å²) in [4.78, 5) is 8.72. The first-order valence-electron chi connectivity index (χ1n) is 8.39. The van der Waals surface area contributed by atoms with Gasteiger partial charge in [-0.2, -0.15) is 0 Å². The van der Waals surface area contributed by atoms with Crippen LogP contribution in [0.15, 0.2) is 47.6 Å². The van der Waals surface area contributed by atoms with Crippen molar-refractivity contribution in [2.24, 2.45) is 4.99 Å². The van der Waals surface area contributed by atoms with Crippen LogP contribution in [0, 0.1) is 0 Å². The fourth-order valence-electron chi connectivity index (χ4n) is 2.40. The Balaban J connectivity index is 1.93. The zero-order chi connectivity index (χ0) is 17.9. The fraction of sp³-hybridized carbons (Fsp3) is 0.368. The summed E-state index contributed by atoms with van der Waals surface area (Å²) >= 11 is 0. The molecular formula is C19H26N4O2. The molecule has 0 aliphatic rings. The number of pyridine rings is 1. The number of aromatic nitrogens is 1. The van der Waals surface area contributed by atoms with Crippen LogP contribution in [0.1, 0.15) is 18.1 Å². The van der Waals surface area contributed by atoms with Crippen LogP contribution >= 0.6 is 0 Å². The molecule has 2 rings (SSSR count). The highest BCUT2D eigenvalue weighted by molar-refractivity contribution is 5.79. The molecule has 2 N–H and O–H groups in total. The Kier molecular flexibility index (Phi) is 7.56. The third-order valence-corrected chi connectivity index (χ3v) is 3.65. The van der Waals surface area contributed by atoms with E-state index >= 15 is 0 Å². The summed E-state index contributed by atoms with van der Waals surface area (Å²) in [6, 6.07) is 11.9. The van der Waals surface area contributed by atoms with Crippen molar-refractivity contribution in [1.29, 1.82) is 0 Å². The highest BCUT2D eigenvalue weighted by Gasteiger charge is 2.03. The molecule has 0 aliphatic carbocycles. The molecule has 134 valence electrons. The van der Waals surface area contributed by atoms with Gasteiger partial charge in [0, 0.05) is 25.4 Å². The number of benzene rings is 1. The molecule has 1 aromatic heterocycles. The molecule has 0 bridgehead atoms. The van der Waals surface area contributed by atoms with E-state index in [0.29, 0.717) is 12.4 Å².